The van der Waals surface area contributed by atoms with Crippen LogP contribution in [-0.2, 0) is 10.8 Å². The summed E-state index contributed by atoms with van der Waals surface area (Å²) in [5, 5.41) is 3.19. The van der Waals surface area contributed by atoms with Crippen molar-refractivity contribution in [2.24, 2.45) is 0 Å². The molecule has 0 bridgehead atoms. The minimum Gasteiger partial charge on any atom is -0.255 e. The molecule has 0 N–H and O–H groups in total. The van der Waals surface area contributed by atoms with Crippen molar-refractivity contribution >= 4 is 32.7 Å². The first kappa shape index (κ1) is 27.9. The summed E-state index contributed by atoms with van der Waals surface area (Å²) in [6, 6.07) is 38.7. The van der Waals surface area contributed by atoms with Crippen LogP contribution >= 0.6 is 0 Å². The van der Waals surface area contributed by atoms with Gasteiger partial charge in [-0.1, -0.05) is 133 Å². The lowest BCUT2D eigenvalue weighted by Crippen LogP contribution is -2.15. The van der Waals surface area contributed by atoms with Gasteiger partial charge in [0, 0.05) is 44.6 Å². The van der Waals surface area contributed by atoms with Gasteiger partial charge in [0.15, 0.2) is 0 Å². The van der Waals surface area contributed by atoms with Crippen molar-refractivity contribution in [3.63, 3.8) is 0 Å². The first-order valence-corrected chi connectivity index (χ1v) is 15.4. The van der Waals surface area contributed by atoms with Gasteiger partial charge in [0.05, 0.1) is 16.6 Å². The van der Waals surface area contributed by atoms with Crippen LogP contribution in [0.3, 0.4) is 0 Å². The second kappa shape index (κ2) is 10.4. The van der Waals surface area contributed by atoms with E-state index < -0.39 is 0 Å². The Morgan fingerprint density at radius 1 is 0.409 bits per heavy atom. The maximum Gasteiger partial charge on any atom is 0.0834 e. The van der Waals surface area contributed by atoms with Crippen LogP contribution in [0.5, 0.6) is 0 Å². The Balaban J connectivity index is 1.82. The van der Waals surface area contributed by atoms with Crippen molar-refractivity contribution in [1.82, 2.24) is 15.0 Å². The van der Waals surface area contributed by atoms with Gasteiger partial charge in [-0.2, -0.15) is 0 Å². The lowest BCUT2D eigenvalue weighted by molar-refractivity contribution is 0.571. The van der Waals surface area contributed by atoms with Crippen LogP contribution < -0.4 is 0 Å². The van der Waals surface area contributed by atoms with Gasteiger partial charge in [-0.3, -0.25) is 15.0 Å². The largest absolute Gasteiger partial charge is 0.255 e. The Bertz CT molecular complexity index is 2100. The van der Waals surface area contributed by atoms with Crippen LogP contribution in [0.25, 0.3) is 66.1 Å². The highest BCUT2D eigenvalue weighted by Gasteiger charge is 2.27. The lowest BCUT2D eigenvalue weighted by Gasteiger charge is -2.25. The Kier molecular flexibility index (Phi) is 6.58. The van der Waals surface area contributed by atoms with Gasteiger partial charge in [0.25, 0.3) is 0 Å². The monoisotopic (exact) mass is 571 g/mol. The summed E-state index contributed by atoms with van der Waals surface area (Å²) in [6.07, 6.45) is 1.94. The maximum atomic E-state index is 5.51. The van der Waals surface area contributed by atoms with Crippen LogP contribution in [-0.4, -0.2) is 15.0 Å². The van der Waals surface area contributed by atoms with Crippen LogP contribution in [0.4, 0.5) is 0 Å². The molecule has 0 atom stereocenters. The van der Waals surface area contributed by atoms with E-state index in [1.54, 1.807) is 0 Å². The number of hydrogen-bond acceptors (Lipinski definition) is 3. The molecule has 0 aliphatic carbocycles. The van der Waals surface area contributed by atoms with E-state index in [9.17, 15) is 0 Å². The summed E-state index contributed by atoms with van der Waals surface area (Å²) in [5.74, 6) is 0. The normalized spacial score (nSPS) is 12.3. The van der Waals surface area contributed by atoms with Crippen molar-refractivity contribution in [1.29, 1.82) is 0 Å². The molecule has 0 spiro atoms. The smallest absolute Gasteiger partial charge is 0.0834 e. The fraction of sp³-hybridized carbons (Fsp3) is 0.195. The average molecular weight is 572 g/mol. The molecule has 0 fully saturated rings. The van der Waals surface area contributed by atoms with E-state index in [1.165, 1.54) is 0 Å². The van der Waals surface area contributed by atoms with Crippen LogP contribution in [0, 0.1) is 0 Å². The zero-order valence-corrected chi connectivity index (χ0v) is 26.3. The second-order valence-corrected chi connectivity index (χ2v) is 13.7. The summed E-state index contributed by atoms with van der Waals surface area (Å²) in [4.78, 5) is 16.2. The highest BCUT2D eigenvalue weighted by Crippen LogP contribution is 2.46. The average Bonchev–Trinajstić information content (AvgIpc) is 3.03. The molecule has 7 aromatic rings. The number of pyridine rings is 3. The number of nitrogens with zero attached hydrogens (tertiary/aromatic N) is 3. The molecular formula is C41H37N3. The standard InChI is InChI=1S/C41H37N3/c1-40(2,3)32-24-30(27-18-12-8-13-19-27)35-37-34(29(22-23-42-37)26-16-10-7-11-17-26)38-36(39(35)44-32)31(28-20-14-9-15-21-28)25-33(43-38)41(4,5)6/h7-25H,1-6H3. The quantitative estimate of drug-likeness (QED) is 0.198. The van der Waals surface area contributed by atoms with Crippen molar-refractivity contribution < 1.29 is 0 Å². The third kappa shape index (κ3) is 4.73. The summed E-state index contributed by atoms with van der Waals surface area (Å²) in [5.41, 5.74) is 11.4. The molecule has 4 aromatic carbocycles. The van der Waals surface area contributed by atoms with Gasteiger partial charge in [-0.25, -0.2) is 0 Å². The minimum absolute atomic E-state index is 0.163. The van der Waals surface area contributed by atoms with E-state index >= 15 is 0 Å². The molecule has 0 aliphatic heterocycles. The molecule has 3 nitrogen and oxygen atoms in total. The van der Waals surface area contributed by atoms with E-state index in [-0.39, 0.29) is 10.8 Å². The van der Waals surface area contributed by atoms with Crippen molar-refractivity contribution in [3.8, 4) is 33.4 Å². The van der Waals surface area contributed by atoms with Gasteiger partial charge in [-0.05, 0) is 51.6 Å². The third-order valence-corrected chi connectivity index (χ3v) is 8.49. The molecule has 0 saturated heterocycles. The number of benzene rings is 4. The van der Waals surface area contributed by atoms with E-state index in [4.69, 9.17) is 15.0 Å². The summed E-state index contributed by atoms with van der Waals surface area (Å²) in [7, 11) is 0. The van der Waals surface area contributed by atoms with Gasteiger partial charge in [-0.15, -0.1) is 0 Å². The first-order valence-electron chi connectivity index (χ1n) is 15.4. The van der Waals surface area contributed by atoms with E-state index in [0.717, 1.165) is 77.5 Å². The summed E-state index contributed by atoms with van der Waals surface area (Å²) < 4.78 is 0. The fourth-order valence-electron chi connectivity index (χ4n) is 6.14. The third-order valence-electron chi connectivity index (χ3n) is 8.49. The van der Waals surface area contributed by atoms with Crippen LogP contribution in [0.2, 0.25) is 0 Å². The number of fused-ring (bicyclic) bond motifs is 6. The minimum atomic E-state index is -0.163. The predicted molar refractivity (Wildman–Crippen MR) is 186 cm³/mol. The Hall–Kier alpha value is -4.89. The fourth-order valence-corrected chi connectivity index (χ4v) is 6.14. The number of rotatable bonds is 3. The van der Waals surface area contributed by atoms with E-state index in [1.807, 2.05) is 6.20 Å². The van der Waals surface area contributed by atoms with Gasteiger partial charge < -0.3 is 0 Å². The summed E-state index contributed by atoms with van der Waals surface area (Å²) >= 11 is 0. The van der Waals surface area contributed by atoms with E-state index in [0.29, 0.717) is 0 Å². The van der Waals surface area contributed by atoms with Gasteiger partial charge >= 0.3 is 0 Å². The highest BCUT2D eigenvalue weighted by molar-refractivity contribution is 6.30. The molecular weight excluding hydrogens is 534 g/mol. The molecule has 216 valence electrons. The summed E-state index contributed by atoms with van der Waals surface area (Å²) in [6.45, 7) is 13.4. The molecule has 3 heteroatoms. The van der Waals surface area contributed by atoms with Crippen LogP contribution in [0.1, 0.15) is 52.9 Å². The number of hydrogen-bond donors (Lipinski definition) is 0. The molecule has 44 heavy (non-hydrogen) atoms. The van der Waals surface area contributed by atoms with Crippen LogP contribution in [0.15, 0.2) is 115 Å². The molecule has 0 saturated carbocycles. The highest BCUT2D eigenvalue weighted by atomic mass is 14.8. The molecule has 0 radical (unpaired) electrons. The molecule has 0 amide bonds. The number of aromatic nitrogens is 3. The zero-order chi connectivity index (χ0) is 30.6. The molecule has 7 rings (SSSR count). The van der Waals surface area contributed by atoms with Gasteiger partial charge in [0.1, 0.15) is 0 Å². The molecule has 0 unspecified atom stereocenters. The second-order valence-electron chi connectivity index (χ2n) is 13.7. The maximum absolute atomic E-state index is 5.51. The SMILES string of the molecule is CC(C)(C)c1cc(-c2ccccc2)c2c(n1)c1c(-c3ccccc3)ccnc1c1c(-c3ccccc3)cc(C(C)(C)C)nc12. The van der Waals surface area contributed by atoms with Crippen molar-refractivity contribution in [2.75, 3.05) is 0 Å². The first-order chi connectivity index (χ1) is 21.1. The zero-order valence-electron chi connectivity index (χ0n) is 26.3. The Morgan fingerprint density at radius 2 is 0.773 bits per heavy atom. The molecule has 3 aromatic heterocycles. The molecule has 3 heterocycles. The Morgan fingerprint density at radius 3 is 1.18 bits per heavy atom. The van der Waals surface area contributed by atoms with Crippen molar-refractivity contribution in [3.05, 3.63) is 127 Å². The Labute approximate surface area is 259 Å². The van der Waals surface area contributed by atoms with E-state index in [2.05, 4.69) is 151 Å². The van der Waals surface area contributed by atoms with Crippen molar-refractivity contribution in [2.45, 2.75) is 52.4 Å². The lowest BCUT2D eigenvalue weighted by atomic mass is 9.84. The predicted octanol–water partition coefficient (Wildman–Crippen LogP) is 10.9. The topological polar surface area (TPSA) is 38.7 Å². The molecule has 0 aliphatic rings. The van der Waals surface area contributed by atoms with Gasteiger partial charge in [0.2, 0.25) is 0 Å².